The van der Waals surface area contributed by atoms with Gasteiger partial charge in [-0.25, -0.2) is 9.38 Å². The first-order chi connectivity index (χ1) is 15.5. The summed E-state index contributed by atoms with van der Waals surface area (Å²) in [5.74, 6) is -0.949. The number of carbonyl (C=O) groups excluding carboxylic acids is 2. The number of hydrogen-bond acceptors (Lipinski definition) is 5. The quantitative estimate of drug-likeness (QED) is 0.480. The Kier molecular flexibility index (Phi) is 7.11. The number of ether oxygens (including phenoxy) is 1. The summed E-state index contributed by atoms with van der Waals surface area (Å²) in [6.07, 6.45) is 5.02. The van der Waals surface area contributed by atoms with E-state index in [2.05, 4.69) is 4.99 Å². The van der Waals surface area contributed by atoms with Gasteiger partial charge in [-0.05, 0) is 68.3 Å². The number of nitrogens with zero attached hydrogens (tertiary/aromatic N) is 3. The first-order valence-corrected chi connectivity index (χ1v) is 10.6. The van der Waals surface area contributed by atoms with Gasteiger partial charge in [0.25, 0.3) is 5.91 Å². The average Bonchev–Trinajstić information content (AvgIpc) is 3.01. The molecule has 2 aromatic rings. The lowest BCUT2D eigenvalue weighted by molar-refractivity contribution is -0.156. The van der Waals surface area contributed by atoms with E-state index in [9.17, 15) is 14.0 Å². The van der Waals surface area contributed by atoms with Crippen molar-refractivity contribution in [3.63, 3.8) is 0 Å². The highest BCUT2D eigenvalue weighted by Crippen LogP contribution is 2.22. The van der Waals surface area contributed by atoms with Crippen LogP contribution in [0.4, 0.5) is 10.1 Å². The molecular formula is C26H28FN3O3. The molecule has 3 rings (SSSR count). The molecule has 1 amide bonds. The molecule has 6 nitrogen and oxygen atoms in total. The summed E-state index contributed by atoms with van der Waals surface area (Å²) >= 11 is 0. The lowest BCUT2D eigenvalue weighted by atomic mass is 10.1. The van der Waals surface area contributed by atoms with Crippen molar-refractivity contribution in [3.05, 3.63) is 77.2 Å². The van der Waals surface area contributed by atoms with Gasteiger partial charge in [-0.3, -0.25) is 14.5 Å². The highest BCUT2D eigenvalue weighted by molar-refractivity contribution is 6.19. The van der Waals surface area contributed by atoms with Crippen molar-refractivity contribution >= 4 is 35.6 Å². The molecule has 1 aliphatic rings. The second kappa shape index (κ2) is 9.81. The van der Waals surface area contributed by atoms with Crippen molar-refractivity contribution in [3.8, 4) is 0 Å². The average molecular weight is 450 g/mol. The summed E-state index contributed by atoms with van der Waals surface area (Å²) < 4.78 is 18.6. The van der Waals surface area contributed by atoms with E-state index in [0.29, 0.717) is 5.84 Å². The van der Waals surface area contributed by atoms with Gasteiger partial charge < -0.3 is 9.64 Å². The molecule has 0 spiro atoms. The van der Waals surface area contributed by atoms with Crippen molar-refractivity contribution in [2.24, 2.45) is 4.99 Å². The van der Waals surface area contributed by atoms with Gasteiger partial charge in [0.2, 0.25) is 0 Å². The van der Waals surface area contributed by atoms with Crippen LogP contribution in [0, 0.1) is 5.82 Å². The molecule has 0 aromatic heterocycles. The fraction of sp³-hybridized carbons (Fsp3) is 0.269. The Morgan fingerprint density at radius 1 is 1.03 bits per heavy atom. The highest BCUT2D eigenvalue weighted by atomic mass is 19.1. The van der Waals surface area contributed by atoms with Crippen molar-refractivity contribution in [1.82, 2.24) is 4.90 Å². The van der Waals surface area contributed by atoms with E-state index >= 15 is 0 Å². The Morgan fingerprint density at radius 3 is 2.21 bits per heavy atom. The van der Waals surface area contributed by atoms with Gasteiger partial charge in [0.15, 0.2) is 0 Å². The Morgan fingerprint density at radius 2 is 1.64 bits per heavy atom. The predicted molar refractivity (Wildman–Crippen MR) is 129 cm³/mol. The largest absolute Gasteiger partial charge is 0.459 e. The minimum absolute atomic E-state index is 0.218. The topological polar surface area (TPSA) is 62.2 Å². The van der Waals surface area contributed by atoms with Crippen molar-refractivity contribution in [1.29, 1.82) is 0 Å². The second-order valence-electron chi connectivity index (χ2n) is 8.85. The van der Waals surface area contributed by atoms with Crippen LogP contribution in [0.3, 0.4) is 0 Å². The summed E-state index contributed by atoms with van der Waals surface area (Å²) in [5, 5.41) is 0. The number of halogens is 1. The smallest absolute Gasteiger partial charge is 0.326 e. The zero-order chi connectivity index (χ0) is 24.2. The van der Waals surface area contributed by atoms with Crippen LogP contribution >= 0.6 is 0 Å². The number of anilines is 1. The van der Waals surface area contributed by atoms with Gasteiger partial charge >= 0.3 is 5.97 Å². The molecule has 0 bridgehead atoms. The van der Waals surface area contributed by atoms with E-state index in [1.54, 1.807) is 51.1 Å². The minimum atomic E-state index is -0.673. The van der Waals surface area contributed by atoms with E-state index in [0.717, 1.165) is 16.8 Å². The molecule has 7 heteroatoms. The molecular weight excluding hydrogens is 421 g/mol. The number of esters is 1. The molecule has 1 aliphatic heterocycles. The summed E-state index contributed by atoms with van der Waals surface area (Å²) in [4.78, 5) is 33.2. The zero-order valence-electron chi connectivity index (χ0n) is 19.5. The third kappa shape index (κ3) is 6.62. The fourth-order valence-corrected chi connectivity index (χ4v) is 3.12. The first kappa shape index (κ1) is 23.9. The van der Waals surface area contributed by atoms with Crippen LogP contribution in [0.25, 0.3) is 12.2 Å². The number of carbonyl (C=O) groups is 2. The Bertz CT molecular complexity index is 1110. The Balaban J connectivity index is 1.89. The normalized spacial score (nSPS) is 15.3. The molecule has 0 saturated heterocycles. The fourth-order valence-electron chi connectivity index (χ4n) is 3.12. The molecule has 0 fully saturated rings. The standard InChI is InChI=1S/C26H28FN3O3/c1-26(2,3)33-24(31)17-30-23(15-10-18-6-11-20(27)12-7-18)28-22(25(30)32)16-19-8-13-21(14-9-19)29(4)5/h6-16H,17H2,1-5H3/b15-10+,22-16+. The number of aliphatic imine (C=N–C) groups is 1. The third-order valence-electron chi connectivity index (χ3n) is 4.69. The number of rotatable bonds is 6. The molecule has 172 valence electrons. The molecule has 0 aliphatic carbocycles. The van der Waals surface area contributed by atoms with Gasteiger partial charge in [-0.15, -0.1) is 0 Å². The maximum Gasteiger partial charge on any atom is 0.326 e. The van der Waals surface area contributed by atoms with Crippen LogP contribution in [0.1, 0.15) is 31.9 Å². The Hall–Kier alpha value is -3.74. The van der Waals surface area contributed by atoms with Gasteiger partial charge in [0, 0.05) is 19.8 Å². The monoisotopic (exact) mass is 449 g/mol. The van der Waals surface area contributed by atoms with E-state index in [4.69, 9.17) is 4.74 Å². The maximum atomic E-state index is 13.2. The van der Waals surface area contributed by atoms with E-state index in [1.165, 1.54) is 17.0 Å². The molecule has 0 atom stereocenters. The van der Waals surface area contributed by atoms with Crippen LogP contribution in [0.2, 0.25) is 0 Å². The van der Waals surface area contributed by atoms with Gasteiger partial charge in [0.1, 0.15) is 29.5 Å². The molecule has 2 aromatic carbocycles. The van der Waals surface area contributed by atoms with Crippen LogP contribution < -0.4 is 4.90 Å². The lowest BCUT2D eigenvalue weighted by Gasteiger charge is -2.22. The van der Waals surface area contributed by atoms with Crippen LogP contribution in [-0.2, 0) is 14.3 Å². The summed E-state index contributed by atoms with van der Waals surface area (Å²) in [6, 6.07) is 13.6. The van der Waals surface area contributed by atoms with E-state index in [1.807, 2.05) is 43.3 Å². The number of amidine groups is 1. The van der Waals surface area contributed by atoms with E-state index in [-0.39, 0.29) is 18.1 Å². The van der Waals surface area contributed by atoms with Crippen LogP contribution in [-0.4, -0.2) is 48.9 Å². The van der Waals surface area contributed by atoms with Gasteiger partial charge in [-0.2, -0.15) is 0 Å². The van der Waals surface area contributed by atoms with E-state index < -0.39 is 17.5 Å². The maximum absolute atomic E-state index is 13.2. The van der Waals surface area contributed by atoms with Crippen molar-refractivity contribution in [2.45, 2.75) is 26.4 Å². The predicted octanol–water partition coefficient (Wildman–Crippen LogP) is 4.53. The molecule has 1 heterocycles. The molecule has 33 heavy (non-hydrogen) atoms. The summed E-state index contributed by atoms with van der Waals surface area (Å²) in [5.41, 5.74) is 2.13. The third-order valence-corrected chi connectivity index (χ3v) is 4.69. The minimum Gasteiger partial charge on any atom is -0.459 e. The van der Waals surface area contributed by atoms with Gasteiger partial charge in [0.05, 0.1) is 0 Å². The summed E-state index contributed by atoms with van der Waals surface area (Å²) in [7, 11) is 3.90. The summed E-state index contributed by atoms with van der Waals surface area (Å²) in [6.45, 7) is 5.04. The number of amides is 1. The highest BCUT2D eigenvalue weighted by Gasteiger charge is 2.32. The number of hydrogen-bond donors (Lipinski definition) is 0. The number of benzene rings is 2. The lowest BCUT2D eigenvalue weighted by Crippen LogP contribution is -2.39. The SMILES string of the molecule is CN(C)c1ccc(/C=C2N=C(/C=C/c3ccc(F)cc3)N(CC(=O)OC(C)(C)C)C/2=O)cc1. The molecule has 0 unspecified atom stereocenters. The van der Waals surface area contributed by atoms with Gasteiger partial charge in [-0.1, -0.05) is 30.3 Å². The second-order valence-corrected chi connectivity index (χ2v) is 8.85. The molecule has 0 N–H and O–H groups in total. The Labute approximate surface area is 193 Å². The molecule has 0 saturated carbocycles. The first-order valence-electron chi connectivity index (χ1n) is 10.6. The van der Waals surface area contributed by atoms with Crippen LogP contribution in [0.5, 0.6) is 0 Å². The van der Waals surface area contributed by atoms with Crippen molar-refractivity contribution < 1.29 is 18.7 Å². The molecule has 0 radical (unpaired) electrons. The zero-order valence-corrected chi connectivity index (χ0v) is 19.5. The van der Waals surface area contributed by atoms with Crippen molar-refractivity contribution in [2.75, 3.05) is 25.5 Å². The van der Waals surface area contributed by atoms with Crippen LogP contribution in [0.15, 0.2) is 65.3 Å².